The Morgan fingerprint density at radius 1 is 1.05 bits per heavy atom. The molecule has 1 spiro atoms. The van der Waals surface area contributed by atoms with E-state index in [0.717, 1.165) is 66.5 Å². The van der Waals surface area contributed by atoms with E-state index in [1.807, 2.05) is 49.7 Å². The number of aliphatic hydroxyl groups is 3. The third-order valence-electron chi connectivity index (χ3n) is 12.7. The summed E-state index contributed by atoms with van der Waals surface area (Å²) >= 11 is 0. The number of nitrogens with one attached hydrogen (secondary N) is 1. The van der Waals surface area contributed by atoms with E-state index in [1.165, 1.54) is 11.6 Å². The zero-order chi connectivity index (χ0) is 42.5. The van der Waals surface area contributed by atoms with E-state index in [1.54, 1.807) is 6.07 Å². The Labute approximate surface area is 358 Å². The maximum Gasteiger partial charge on any atom is 0.187 e. The van der Waals surface area contributed by atoms with E-state index in [0.29, 0.717) is 42.8 Å². The number of phenols is 1. The van der Waals surface area contributed by atoms with Crippen LogP contribution in [0.5, 0.6) is 17.2 Å². The second-order valence-corrected chi connectivity index (χ2v) is 17.1. The summed E-state index contributed by atoms with van der Waals surface area (Å²) in [4.78, 5) is 19.9. The standard InChI is InChI=1S/C50H56N4O7/c1-2-8-37(55)26-39(57)27-38(56)13-11-33-25-47-46(28-45(33)59)60-22-20-50(18-6-7-19-50)42-15-16-44(58)40-14-12-34(48(51)52-21-17-32-9-4-3-5-10-32)23-35(40)24-36-29-53-43-31-54(30-41(36)43)49(42)61-47/h3-5,9-10,12,14,23,25,28-29,31,37,39,42,44,48-49,52,55,57-59H,2,6-8,11,13,17-19,21,24,26-27,30,51H2,1H3/t37-,39+,42-,44-,48+,49+/m0/s1. The fourth-order valence-corrected chi connectivity index (χ4v) is 9.38. The van der Waals surface area contributed by atoms with Gasteiger partial charge in [0, 0.05) is 50.0 Å². The van der Waals surface area contributed by atoms with E-state index in [9.17, 15) is 25.2 Å². The highest BCUT2D eigenvalue weighted by molar-refractivity contribution is 5.87. The molecule has 1 aliphatic carbocycles. The Hall–Kier alpha value is -5.40. The number of aryl methyl sites for hydroxylation is 1. The molecule has 1 fully saturated rings. The summed E-state index contributed by atoms with van der Waals surface area (Å²) < 4.78 is 13.1. The van der Waals surface area contributed by atoms with Crippen molar-refractivity contribution in [3.8, 4) is 41.1 Å². The minimum atomic E-state index is -1.10. The molecule has 61 heavy (non-hydrogen) atoms. The molecule has 0 radical (unpaired) electrons. The lowest BCUT2D eigenvalue weighted by Gasteiger charge is -2.39. The van der Waals surface area contributed by atoms with E-state index in [4.69, 9.17) is 20.2 Å². The second kappa shape index (κ2) is 18.7. The molecular formula is C50H56N4O7. The van der Waals surface area contributed by atoms with E-state index >= 15 is 0 Å². The van der Waals surface area contributed by atoms with Gasteiger partial charge in [0.25, 0.3) is 0 Å². The molecule has 1 saturated carbocycles. The van der Waals surface area contributed by atoms with Crippen molar-refractivity contribution in [2.45, 2.75) is 115 Å². The Bertz CT molecular complexity index is 2330. The van der Waals surface area contributed by atoms with Crippen molar-refractivity contribution in [2.75, 3.05) is 13.1 Å². The molecule has 11 heteroatoms. The molecule has 7 N–H and O–H groups in total. The number of carbonyl (C=O) groups excluding carboxylic acids is 1. The number of rotatable bonds is 14. The molecule has 4 heterocycles. The molecule has 3 aromatic rings. The van der Waals surface area contributed by atoms with Crippen LogP contribution in [-0.2, 0) is 24.1 Å². The normalized spacial score (nSPS) is 22.1. The molecule has 2 bridgehead atoms. The number of fused-ring (bicyclic) bond motifs is 6. The van der Waals surface area contributed by atoms with Gasteiger partial charge >= 0.3 is 0 Å². The lowest BCUT2D eigenvalue weighted by molar-refractivity contribution is -0.121. The highest BCUT2D eigenvalue weighted by atomic mass is 16.5. The minimum Gasteiger partial charge on any atom is -0.508 e. The van der Waals surface area contributed by atoms with Gasteiger partial charge in [-0.05, 0) is 84.4 Å². The zero-order valence-electron chi connectivity index (χ0n) is 34.8. The average Bonchev–Trinajstić information content (AvgIpc) is 3.99. The number of aromatic hydroxyl groups is 1. The van der Waals surface area contributed by atoms with E-state index < -0.39 is 42.0 Å². The minimum absolute atomic E-state index is 0.0587. The highest BCUT2D eigenvalue weighted by Crippen LogP contribution is 2.49. The topological polar surface area (TPSA) is 170 Å². The predicted molar refractivity (Wildman–Crippen MR) is 233 cm³/mol. The van der Waals surface area contributed by atoms with Gasteiger partial charge in [-0.3, -0.25) is 15.1 Å². The Morgan fingerprint density at radius 3 is 2.67 bits per heavy atom. The number of phenolic OH excluding ortho intramolecular Hbond substituents is 1. The lowest BCUT2D eigenvalue weighted by atomic mass is 9.73. The van der Waals surface area contributed by atoms with Crippen LogP contribution in [0.4, 0.5) is 0 Å². The van der Waals surface area contributed by atoms with Crippen molar-refractivity contribution >= 4 is 12.0 Å². The van der Waals surface area contributed by atoms with Crippen molar-refractivity contribution in [1.29, 1.82) is 0 Å². The number of hydrogen-bond acceptors (Lipinski definition) is 11. The first-order valence-electron chi connectivity index (χ1n) is 21.8. The molecule has 8 rings (SSSR count). The Balaban J connectivity index is 1.10. The van der Waals surface area contributed by atoms with Crippen LogP contribution >= 0.6 is 0 Å². The Morgan fingerprint density at radius 2 is 1.87 bits per heavy atom. The number of Topliss-reactive ketones (excluding diaryl/α,β-unsaturated/α-hetero) is 1. The number of hydrogen-bond donors (Lipinski definition) is 6. The molecule has 3 aromatic carbocycles. The lowest BCUT2D eigenvalue weighted by Crippen LogP contribution is -2.47. The van der Waals surface area contributed by atoms with Crippen LogP contribution in [0.25, 0.3) is 0 Å². The number of aliphatic hydroxyl groups excluding tert-OH is 3. The summed E-state index contributed by atoms with van der Waals surface area (Å²) in [6.45, 7) is 3.19. The fraction of sp³-hybridized carbons (Fsp3) is 0.440. The third-order valence-corrected chi connectivity index (χ3v) is 12.7. The summed E-state index contributed by atoms with van der Waals surface area (Å²) in [6.07, 6.45) is 9.63. The smallest absolute Gasteiger partial charge is 0.187 e. The number of ether oxygens (including phenoxy) is 2. The molecule has 318 valence electrons. The summed E-state index contributed by atoms with van der Waals surface area (Å²) in [5.41, 5.74) is 13.3. The van der Waals surface area contributed by atoms with Gasteiger partial charge in [-0.25, -0.2) is 0 Å². The van der Waals surface area contributed by atoms with Gasteiger partial charge in [-0.15, -0.1) is 0 Å². The molecule has 0 unspecified atom stereocenters. The van der Waals surface area contributed by atoms with Crippen LogP contribution in [0.3, 0.4) is 0 Å². The van der Waals surface area contributed by atoms with Crippen molar-refractivity contribution in [3.05, 3.63) is 112 Å². The van der Waals surface area contributed by atoms with Crippen LogP contribution < -0.4 is 20.5 Å². The fourth-order valence-electron chi connectivity index (χ4n) is 9.38. The van der Waals surface area contributed by atoms with Gasteiger partial charge in [0.05, 0.1) is 35.4 Å². The maximum absolute atomic E-state index is 12.9. The van der Waals surface area contributed by atoms with Crippen LogP contribution in [0.15, 0.2) is 88.7 Å². The largest absolute Gasteiger partial charge is 0.508 e. The highest BCUT2D eigenvalue weighted by Gasteiger charge is 2.48. The zero-order valence-corrected chi connectivity index (χ0v) is 34.8. The van der Waals surface area contributed by atoms with Gasteiger partial charge in [-0.2, -0.15) is 0 Å². The van der Waals surface area contributed by atoms with Crippen molar-refractivity contribution < 1.29 is 34.7 Å². The van der Waals surface area contributed by atoms with E-state index in [2.05, 4.69) is 52.3 Å². The predicted octanol–water partition coefficient (Wildman–Crippen LogP) is 6.05. The maximum atomic E-state index is 12.9. The van der Waals surface area contributed by atoms with Crippen LogP contribution in [-0.4, -0.2) is 68.8 Å². The number of benzene rings is 3. The van der Waals surface area contributed by atoms with Gasteiger partial charge in [0.2, 0.25) is 0 Å². The van der Waals surface area contributed by atoms with Gasteiger partial charge in [0.15, 0.2) is 17.7 Å². The number of nitrogens with two attached hydrogens (primary N) is 1. The van der Waals surface area contributed by atoms with Gasteiger partial charge in [-0.1, -0.05) is 92.5 Å². The molecule has 0 aromatic heterocycles. The SMILES string of the molecule is CCC[C@H](O)C[C@@H](O)CC(=O)CCc1cc2c(cc1O)OC#CC1(CCCC1)[C@H]1C#C[C@H](O)c3ccc([C@H](N)NCCc4ccccc4)cc3CC3=C4CN(C=C4N=C3)[C@@H]1O2. The van der Waals surface area contributed by atoms with Crippen molar-refractivity contribution in [3.63, 3.8) is 0 Å². The Kier molecular flexibility index (Phi) is 13.0. The number of nitrogens with zero attached hydrogens (tertiary/aromatic N) is 2. The quantitative estimate of drug-likeness (QED) is 0.0832. The number of carbonyl (C=O) groups is 1. The second-order valence-electron chi connectivity index (χ2n) is 17.1. The number of aliphatic imine (C=N–C) groups is 1. The summed E-state index contributed by atoms with van der Waals surface area (Å²) in [5, 5.41) is 47.1. The molecule has 4 aliphatic heterocycles. The first-order valence-corrected chi connectivity index (χ1v) is 21.8. The monoisotopic (exact) mass is 824 g/mol. The van der Waals surface area contributed by atoms with Crippen LogP contribution in [0.1, 0.15) is 105 Å². The summed E-state index contributed by atoms with van der Waals surface area (Å²) in [5.74, 6) is 10.1. The molecule has 5 aliphatic rings. The van der Waals surface area contributed by atoms with Gasteiger partial charge < -0.3 is 40.5 Å². The molecule has 11 nitrogen and oxygen atoms in total. The van der Waals surface area contributed by atoms with Crippen LogP contribution in [0, 0.1) is 35.2 Å². The van der Waals surface area contributed by atoms with Crippen LogP contribution in [0.2, 0.25) is 0 Å². The summed E-state index contributed by atoms with van der Waals surface area (Å²) in [7, 11) is 0. The molecule has 6 atom stereocenters. The first-order chi connectivity index (χ1) is 29.6. The molecule has 0 saturated heterocycles. The van der Waals surface area contributed by atoms with Crippen molar-refractivity contribution in [2.24, 2.45) is 22.1 Å². The molecule has 0 amide bonds. The third kappa shape index (κ3) is 9.58. The molecular weight excluding hydrogens is 769 g/mol. The first kappa shape index (κ1) is 42.3. The number of ketones is 1. The number of allylic oxidation sites excluding steroid dienone is 1. The average molecular weight is 825 g/mol. The van der Waals surface area contributed by atoms with Crippen molar-refractivity contribution in [1.82, 2.24) is 10.2 Å². The van der Waals surface area contributed by atoms with E-state index in [-0.39, 0.29) is 43.0 Å². The van der Waals surface area contributed by atoms with Gasteiger partial charge in [0.1, 0.15) is 23.7 Å². The summed E-state index contributed by atoms with van der Waals surface area (Å²) in [6, 6.07) is 19.4.